The third-order valence-electron chi connectivity index (χ3n) is 5.62. The smallest absolute Gasteiger partial charge is 0.338 e. The van der Waals surface area contributed by atoms with Crippen molar-refractivity contribution in [3.05, 3.63) is 88.5 Å². The molecule has 2 amide bonds. The first-order chi connectivity index (χ1) is 18.5. The van der Waals surface area contributed by atoms with Gasteiger partial charge in [0.05, 0.1) is 45.3 Å². The van der Waals surface area contributed by atoms with Crippen LogP contribution in [0.1, 0.15) is 60.8 Å². The number of nitrogens with one attached hydrogen (secondary N) is 2. The standard InChI is InChI=1S/C28H28N2O8S/c1-5-37-27(33)23-16-24(28(34)38-6-2)22(15-21(23)25(31)29-4)26(32)30-18-9-13-20(14-10-18)39(35,36)19-11-7-17(3)8-12-19/h7-16H,5-6H2,1-4H3,(H,29,31)(H,30,32). The number of hydrogen-bond donors (Lipinski definition) is 2. The van der Waals surface area contributed by atoms with E-state index in [1.54, 1.807) is 26.0 Å². The van der Waals surface area contributed by atoms with E-state index in [0.717, 1.165) is 17.7 Å². The SMILES string of the molecule is CCOC(=O)c1cc(C(=O)OCC)c(C(=O)Nc2ccc(S(=O)(=O)c3ccc(C)cc3)cc2)cc1C(=O)NC. The van der Waals surface area contributed by atoms with E-state index in [2.05, 4.69) is 10.6 Å². The van der Waals surface area contributed by atoms with Crippen LogP contribution in [0.2, 0.25) is 0 Å². The molecule has 0 heterocycles. The first-order valence-electron chi connectivity index (χ1n) is 12.0. The van der Waals surface area contributed by atoms with Crippen molar-refractivity contribution in [3.63, 3.8) is 0 Å². The van der Waals surface area contributed by atoms with E-state index < -0.39 is 33.6 Å². The van der Waals surface area contributed by atoms with Crippen molar-refractivity contribution in [1.29, 1.82) is 0 Å². The molecule has 0 aliphatic rings. The van der Waals surface area contributed by atoms with E-state index in [0.29, 0.717) is 0 Å². The van der Waals surface area contributed by atoms with Crippen LogP contribution >= 0.6 is 0 Å². The lowest BCUT2D eigenvalue weighted by Crippen LogP contribution is -2.25. The zero-order valence-corrected chi connectivity index (χ0v) is 22.7. The summed E-state index contributed by atoms with van der Waals surface area (Å²) in [6.07, 6.45) is 0. The lowest BCUT2D eigenvalue weighted by molar-refractivity contribution is 0.0519. The lowest BCUT2D eigenvalue weighted by atomic mass is 9.96. The molecule has 0 aromatic heterocycles. The molecule has 3 aromatic carbocycles. The van der Waals surface area contributed by atoms with Gasteiger partial charge in [-0.15, -0.1) is 0 Å². The van der Waals surface area contributed by atoms with E-state index in [9.17, 15) is 27.6 Å². The van der Waals surface area contributed by atoms with Crippen molar-refractivity contribution >= 4 is 39.3 Å². The van der Waals surface area contributed by atoms with Crippen LogP contribution in [-0.4, -0.2) is 52.4 Å². The molecule has 0 unspecified atom stereocenters. The monoisotopic (exact) mass is 552 g/mol. The summed E-state index contributed by atoms with van der Waals surface area (Å²) in [5.74, 6) is -3.18. The van der Waals surface area contributed by atoms with Crippen LogP contribution in [0, 0.1) is 6.92 Å². The summed E-state index contributed by atoms with van der Waals surface area (Å²) in [6, 6.07) is 14.1. The number of amides is 2. The maximum Gasteiger partial charge on any atom is 0.338 e. The third-order valence-corrected chi connectivity index (χ3v) is 7.40. The Morgan fingerprint density at radius 3 is 1.59 bits per heavy atom. The number of rotatable bonds is 9. The summed E-state index contributed by atoms with van der Waals surface area (Å²) in [5.41, 5.74) is 0.299. The van der Waals surface area contributed by atoms with Crippen molar-refractivity contribution in [1.82, 2.24) is 5.32 Å². The lowest BCUT2D eigenvalue weighted by Gasteiger charge is -2.15. The van der Waals surface area contributed by atoms with Crippen LogP contribution in [0.5, 0.6) is 0 Å². The van der Waals surface area contributed by atoms with Gasteiger partial charge in [0.1, 0.15) is 0 Å². The fourth-order valence-electron chi connectivity index (χ4n) is 3.63. The molecule has 0 fully saturated rings. The number of hydrogen-bond acceptors (Lipinski definition) is 8. The first-order valence-corrected chi connectivity index (χ1v) is 13.5. The van der Waals surface area contributed by atoms with Crippen LogP contribution in [0.3, 0.4) is 0 Å². The van der Waals surface area contributed by atoms with Gasteiger partial charge in [0.25, 0.3) is 11.8 Å². The second kappa shape index (κ2) is 12.4. The Morgan fingerprint density at radius 2 is 1.13 bits per heavy atom. The van der Waals surface area contributed by atoms with Gasteiger partial charge >= 0.3 is 11.9 Å². The molecule has 0 radical (unpaired) electrons. The average molecular weight is 553 g/mol. The minimum absolute atomic E-state index is 0.00273. The molecule has 10 nitrogen and oxygen atoms in total. The summed E-state index contributed by atoms with van der Waals surface area (Å²) in [7, 11) is -2.43. The van der Waals surface area contributed by atoms with Gasteiger partial charge in [0.2, 0.25) is 9.84 Å². The maximum atomic E-state index is 13.3. The molecule has 0 saturated carbocycles. The van der Waals surface area contributed by atoms with Gasteiger partial charge in [-0.3, -0.25) is 9.59 Å². The molecule has 2 N–H and O–H groups in total. The molecule has 11 heteroatoms. The largest absolute Gasteiger partial charge is 0.462 e. The molecule has 204 valence electrons. The van der Waals surface area contributed by atoms with E-state index in [4.69, 9.17) is 9.47 Å². The summed E-state index contributed by atoms with van der Waals surface area (Å²) < 4.78 is 35.9. The summed E-state index contributed by atoms with van der Waals surface area (Å²) in [6.45, 7) is 5.04. The molecular formula is C28H28N2O8S. The number of benzene rings is 3. The average Bonchev–Trinajstić information content (AvgIpc) is 2.92. The predicted octanol–water partition coefficient (Wildman–Crippen LogP) is 3.79. The highest BCUT2D eigenvalue weighted by Gasteiger charge is 2.27. The maximum absolute atomic E-state index is 13.3. The number of carbonyl (C=O) groups is 4. The summed E-state index contributed by atoms with van der Waals surface area (Å²) in [4.78, 5) is 51.2. The number of anilines is 1. The van der Waals surface area contributed by atoms with Gasteiger partial charge < -0.3 is 20.1 Å². The minimum atomic E-state index is -3.78. The Morgan fingerprint density at radius 1 is 0.692 bits per heavy atom. The van der Waals surface area contributed by atoms with Crippen LogP contribution in [-0.2, 0) is 19.3 Å². The van der Waals surface area contributed by atoms with Gasteiger partial charge in [-0.25, -0.2) is 18.0 Å². The highest BCUT2D eigenvalue weighted by Crippen LogP contribution is 2.25. The van der Waals surface area contributed by atoms with Crippen LogP contribution in [0.25, 0.3) is 0 Å². The fraction of sp³-hybridized carbons (Fsp3) is 0.214. The van der Waals surface area contributed by atoms with E-state index >= 15 is 0 Å². The van der Waals surface area contributed by atoms with Crippen LogP contribution in [0.15, 0.2) is 70.5 Å². The number of carbonyl (C=O) groups excluding carboxylic acids is 4. The van der Waals surface area contributed by atoms with Gasteiger partial charge in [-0.05, 0) is 69.3 Å². The van der Waals surface area contributed by atoms with Crippen molar-refractivity contribution in [2.45, 2.75) is 30.6 Å². The van der Waals surface area contributed by atoms with Gasteiger partial charge in [-0.2, -0.15) is 0 Å². The number of sulfone groups is 1. The highest BCUT2D eigenvalue weighted by molar-refractivity contribution is 7.91. The molecule has 0 saturated heterocycles. The zero-order chi connectivity index (χ0) is 28.7. The summed E-state index contributed by atoms with van der Waals surface area (Å²) in [5, 5.41) is 4.98. The second-order valence-corrected chi connectivity index (χ2v) is 10.2. The Kier molecular flexibility index (Phi) is 9.20. The molecule has 0 atom stereocenters. The van der Waals surface area contributed by atoms with Crippen molar-refractivity contribution in [3.8, 4) is 0 Å². The van der Waals surface area contributed by atoms with Crippen molar-refractivity contribution in [2.24, 2.45) is 0 Å². The van der Waals surface area contributed by atoms with Gasteiger partial charge in [-0.1, -0.05) is 17.7 Å². The number of ether oxygens (including phenoxy) is 2. The zero-order valence-electron chi connectivity index (χ0n) is 21.9. The van der Waals surface area contributed by atoms with Crippen molar-refractivity contribution < 1.29 is 37.1 Å². The number of aryl methyl sites for hydroxylation is 1. The Hall–Kier alpha value is -4.51. The molecule has 39 heavy (non-hydrogen) atoms. The highest BCUT2D eigenvalue weighted by atomic mass is 32.2. The predicted molar refractivity (Wildman–Crippen MR) is 143 cm³/mol. The number of esters is 2. The molecule has 0 aliphatic carbocycles. The Bertz CT molecular complexity index is 1510. The fourth-order valence-corrected chi connectivity index (χ4v) is 4.90. The molecule has 0 bridgehead atoms. The first kappa shape index (κ1) is 29.1. The Balaban J connectivity index is 1.99. The topological polar surface area (TPSA) is 145 Å². The van der Waals surface area contributed by atoms with Crippen molar-refractivity contribution in [2.75, 3.05) is 25.6 Å². The van der Waals surface area contributed by atoms with Crippen LogP contribution < -0.4 is 10.6 Å². The molecule has 0 aliphatic heterocycles. The molecule has 3 rings (SSSR count). The molecular weight excluding hydrogens is 524 g/mol. The van der Waals surface area contributed by atoms with E-state index in [1.165, 1.54) is 43.4 Å². The van der Waals surface area contributed by atoms with Gasteiger partial charge in [0, 0.05) is 12.7 Å². The van der Waals surface area contributed by atoms with Gasteiger partial charge in [0.15, 0.2) is 0 Å². The summed E-state index contributed by atoms with van der Waals surface area (Å²) >= 11 is 0. The van der Waals surface area contributed by atoms with E-state index in [1.807, 2.05) is 6.92 Å². The third kappa shape index (κ3) is 6.50. The van der Waals surface area contributed by atoms with Crippen LogP contribution in [0.4, 0.5) is 5.69 Å². The minimum Gasteiger partial charge on any atom is -0.462 e. The molecule has 0 spiro atoms. The normalized spacial score (nSPS) is 10.9. The quantitative estimate of drug-likeness (QED) is 0.382. The Labute approximate surface area is 226 Å². The molecule has 3 aromatic rings. The second-order valence-electron chi connectivity index (χ2n) is 8.26. The van der Waals surface area contributed by atoms with E-state index in [-0.39, 0.29) is 50.9 Å².